The predicted octanol–water partition coefficient (Wildman–Crippen LogP) is 15.0. The molecule has 0 radical (unpaired) electrons. The first kappa shape index (κ1) is 37.2. The molecule has 0 bridgehead atoms. The SMILES string of the molecule is CC(C)(C)c1cc(-c2cc(-c3ccccc3)ccn2)cc(-c2cccc3c2nc(-c2cccc4c2[nH]c2ccccc24)n3-c2ccc(C(C)(C)C)cc2-c2ccccc2)c1. The molecule has 0 aliphatic heterocycles. The highest BCUT2D eigenvalue weighted by molar-refractivity contribution is 6.12. The van der Waals surface area contributed by atoms with Crippen molar-refractivity contribution in [2.45, 2.75) is 52.4 Å². The predicted molar refractivity (Wildman–Crippen MR) is 253 cm³/mol. The minimum atomic E-state index is -0.106. The van der Waals surface area contributed by atoms with Crippen LogP contribution in [0.25, 0.3) is 94.6 Å². The highest BCUT2D eigenvalue weighted by atomic mass is 15.1. The van der Waals surface area contributed by atoms with Crippen molar-refractivity contribution in [2.24, 2.45) is 0 Å². The molecule has 4 nitrogen and oxygen atoms in total. The number of hydrogen-bond acceptors (Lipinski definition) is 2. The van der Waals surface area contributed by atoms with Gasteiger partial charge in [0, 0.05) is 44.7 Å². The molecule has 0 atom stereocenters. The molecule has 0 aliphatic rings. The molecule has 3 aromatic heterocycles. The van der Waals surface area contributed by atoms with Gasteiger partial charge in [0.05, 0.1) is 27.9 Å². The lowest BCUT2D eigenvalue weighted by molar-refractivity contribution is 0.590. The van der Waals surface area contributed by atoms with Gasteiger partial charge in [-0.25, -0.2) is 4.98 Å². The first-order valence-electron chi connectivity index (χ1n) is 20.9. The van der Waals surface area contributed by atoms with Gasteiger partial charge in [-0.2, -0.15) is 0 Å². The summed E-state index contributed by atoms with van der Waals surface area (Å²) in [6.07, 6.45) is 1.93. The van der Waals surface area contributed by atoms with Crippen molar-refractivity contribution in [3.05, 3.63) is 187 Å². The Morgan fingerprint density at radius 1 is 0.467 bits per heavy atom. The molecule has 10 aromatic rings. The van der Waals surface area contributed by atoms with Crippen molar-refractivity contribution in [3.8, 4) is 61.7 Å². The number of imidazole rings is 1. The second kappa shape index (κ2) is 14.4. The molecule has 0 unspecified atom stereocenters. The molecule has 0 saturated heterocycles. The lowest BCUT2D eigenvalue weighted by Gasteiger charge is -2.23. The van der Waals surface area contributed by atoms with Gasteiger partial charge >= 0.3 is 0 Å². The Hall–Kier alpha value is -7.04. The smallest absolute Gasteiger partial charge is 0.147 e. The fourth-order valence-corrected chi connectivity index (χ4v) is 8.63. The summed E-state index contributed by atoms with van der Waals surface area (Å²) in [5.74, 6) is 0.889. The number of nitrogens with zero attached hydrogens (tertiary/aromatic N) is 3. The number of rotatable bonds is 6. The normalized spacial score (nSPS) is 12.2. The lowest BCUT2D eigenvalue weighted by Crippen LogP contribution is -2.12. The number of nitrogens with one attached hydrogen (secondary N) is 1. The van der Waals surface area contributed by atoms with Crippen molar-refractivity contribution >= 4 is 32.8 Å². The van der Waals surface area contributed by atoms with Gasteiger partial charge in [-0.3, -0.25) is 9.55 Å². The summed E-state index contributed by atoms with van der Waals surface area (Å²) in [5.41, 5.74) is 17.6. The average molecular weight is 777 g/mol. The van der Waals surface area contributed by atoms with Gasteiger partial charge in [0.1, 0.15) is 5.82 Å². The summed E-state index contributed by atoms with van der Waals surface area (Å²) < 4.78 is 2.40. The largest absolute Gasteiger partial charge is 0.354 e. The van der Waals surface area contributed by atoms with E-state index in [1.165, 1.54) is 38.6 Å². The molecular formula is C56H48N4. The van der Waals surface area contributed by atoms with Crippen LogP contribution in [0.5, 0.6) is 0 Å². The second-order valence-electron chi connectivity index (χ2n) is 18.0. The molecule has 0 aliphatic carbocycles. The van der Waals surface area contributed by atoms with Gasteiger partial charge < -0.3 is 4.98 Å². The number of fused-ring (bicyclic) bond motifs is 4. The first-order chi connectivity index (χ1) is 29.0. The van der Waals surface area contributed by atoms with Crippen LogP contribution in [-0.2, 0) is 10.8 Å². The maximum atomic E-state index is 5.74. The number of pyridine rings is 1. The standard InChI is InChI=1S/C56H48N4/c1-55(2,3)41-27-28-50(47(35-41)37-19-11-8-12-20-37)60-51-26-16-22-43(53(51)59-54(60)46-24-15-23-45-44-21-13-14-25-48(44)58-52(45)46)39-31-40(33-42(32-39)56(4,5)6)49-34-38(29-30-57-49)36-17-9-7-10-18-36/h7-35,58H,1-6H3. The number of aromatic nitrogens is 4. The molecule has 0 spiro atoms. The number of H-pyrrole nitrogens is 1. The summed E-state index contributed by atoms with van der Waals surface area (Å²) in [6, 6.07) is 61.3. The Bertz CT molecular complexity index is 3210. The van der Waals surface area contributed by atoms with Gasteiger partial charge in [0.2, 0.25) is 0 Å². The second-order valence-corrected chi connectivity index (χ2v) is 18.0. The van der Waals surface area contributed by atoms with E-state index in [0.717, 1.165) is 67.1 Å². The molecule has 292 valence electrons. The molecule has 60 heavy (non-hydrogen) atoms. The topological polar surface area (TPSA) is 46.5 Å². The van der Waals surface area contributed by atoms with Crippen molar-refractivity contribution in [3.63, 3.8) is 0 Å². The zero-order valence-corrected chi connectivity index (χ0v) is 35.1. The molecule has 10 rings (SSSR count). The first-order valence-corrected chi connectivity index (χ1v) is 20.9. The van der Waals surface area contributed by atoms with Crippen LogP contribution in [0.4, 0.5) is 0 Å². The van der Waals surface area contributed by atoms with E-state index in [4.69, 9.17) is 9.97 Å². The third-order valence-electron chi connectivity index (χ3n) is 11.9. The number of aromatic amines is 1. The Morgan fingerprint density at radius 3 is 1.90 bits per heavy atom. The van der Waals surface area contributed by atoms with Crippen LogP contribution in [0.1, 0.15) is 52.7 Å². The zero-order valence-electron chi connectivity index (χ0n) is 35.1. The van der Waals surface area contributed by atoms with Crippen molar-refractivity contribution < 1.29 is 0 Å². The fourth-order valence-electron chi connectivity index (χ4n) is 8.63. The summed E-state index contributed by atoms with van der Waals surface area (Å²) in [4.78, 5) is 14.5. The van der Waals surface area contributed by atoms with Crippen LogP contribution >= 0.6 is 0 Å². The number of benzene rings is 7. The maximum absolute atomic E-state index is 5.74. The Morgan fingerprint density at radius 2 is 1.13 bits per heavy atom. The number of hydrogen-bond donors (Lipinski definition) is 1. The lowest BCUT2D eigenvalue weighted by atomic mass is 9.83. The van der Waals surface area contributed by atoms with E-state index in [9.17, 15) is 0 Å². The van der Waals surface area contributed by atoms with E-state index in [2.05, 4.69) is 221 Å². The van der Waals surface area contributed by atoms with Crippen molar-refractivity contribution in [2.75, 3.05) is 0 Å². The highest BCUT2D eigenvalue weighted by Crippen LogP contribution is 2.43. The fraction of sp³-hybridized carbons (Fsp3) is 0.143. The highest BCUT2D eigenvalue weighted by Gasteiger charge is 2.25. The summed E-state index contributed by atoms with van der Waals surface area (Å²) in [7, 11) is 0. The molecule has 0 saturated carbocycles. The van der Waals surface area contributed by atoms with Crippen LogP contribution in [0.3, 0.4) is 0 Å². The summed E-state index contributed by atoms with van der Waals surface area (Å²) in [5, 5.41) is 2.38. The van der Waals surface area contributed by atoms with E-state index in [-0.39, 0.29) is 10.8 Å². The van der Waals surface area contributed by atoms with Gasteiger partial charge in [-0.15, -0.1) is 0 Å². The van der Waals surface area contributed by atoms with Crippen LogP contribution in [0, 0.1) is 0 Å². The van der Waals surface area contributed by atoms with Crippen LogP contribution < -0.4 is 0 Å². The minimum Gasteiger partial charge on any atom is -0.354 e. The summed E-state index contributed by atoms with van der Waals surface area (Å²) >= 11 is 0. The minimum absolute atomic E-state index is 0.0315. The van der Waals surface area contributed by atoms with Crippen molar-refractivity contribution in [1.82, 2.24) is 19.5 Å². The van der Waals surface area contributed by atoms with E-state index >= 15 is 0 Å². The van der Waals surface area contributed by atoms with Gasteiger partial charge in [0.15, 0.2) is 0 Å². The third-order valence-corrected chi connectivity index (χ3v) is 11.9. The molecular weight excluding hydrogens is 729 g/mol. The van der Waals surface area contributed by atoms with Gasteiger partial charge in [0.25, 0.3) is 0 Å². The van der Waals surface area contributed by atoms with Crippen molar-refractivity contribution in [1.29, 1.82) is 0 Å². The Labute approximate surface area is 352 Å². The van der Waals surface area contributed by atoms with Gasteiger partial charge in [-0.05, 0) is 98.8 Å². The van der Waals surface area contributed by atoms with E-state index in [1.807, 2.05) is 6.20 Å². The van der Waals surface area contributed by atoms with E-state index in [1.54, 1.807) is 0 Å². The molecule has 0 amide bonds. The average Bonchev–Trinajstić information content (AvgIpc) is 3.85. The van der Waals surface area contributed by atoms with Crippen LogP contribution in [0.15, 0.2) is 176 Å². The molecule has 1 N–H and O–H groups in total. The zero-order chi connectivity index (χ0) is 41.2. The molecule has 3 heterocycles. The Balaban J connectivity index is 1.26. The molecule has 0 fully saturated rings. The van der Waals surface area contributed by atoms with Crippen LogP contribution in [0.2, 0.25) is 0 Å². The summed E-state index contributed by atoms with van der Waals surface area (Å²) in [6.45, 7) is 13.7. The molecule has 4 heteroatoms. The number of para-hydroxylation sites is 3. The monoisotopic (exact) mass is 776 g/mol. The Kier molecular flexibility index (Phi) is 8.91. The third kappa shape index (κ3) is 6.59. The molecule has 7 aromatic carbocycles. The quantitative estimate of drug-likeness (QED) is 0.183. The van der Waals surface area contributed by atoms with E-state index < -0.39 is 0 Å². The van der Waals surface area contributed by atoms with E-state index in [0.29, 0.717) is 0 Å². The maximum Gasteiger partial charge on any atom is 0.147 e. The van der Waals surface area contributed by atoms with Crippen LogP contribution in [-0.4, -0.2) is 19.5 Å². The van der Waals surface area contributed by atoms with Gasteiger partial charge in [-0.1, -0.05) is 157 Å².